The summed E-state index contributed by atoms with van der Waals surface area (Å²) in [7, 11) is 5.11. The minimum absolute atomic E-state index is 0.0232. The van der Waals surface area contributed by atoms with Crippen LogP contribution < -0.4 is 14.8 Å². The standard InChI is InChI=1S/C14H14Br2ClNO2S/c1-18-13(12-5-8(15)14(16)21-12)7-4-10(19-2)11(20-3)6-9(7)17/h4-6,13,18H,1-3H3. The highest BCUT2D eigenvalue weighted by molar-refractivity contribution is 9.13. The molecule has 0 amide bonds. The molecule has 0 spiro atoms. The first-order valence-electron chi connectivity index (χ1n) is 6.05. The topological polar surface area (TPSA) is 30.5 Å². The largest absolute Gasteiger partial charge is 0.493 e. The SMILES string of the molecule is CNC(c1cc(Br)c(Br)s1)c1cc(OC)c(OC)cc1Cl. The first-order chi connectivity index (χ1) is 10.0. The molecule has 3 nitrogen and oxygen atoms in total. The van der Waals surface area contributed by atoms with E-state index in [2.05, 4.69) is 43.2 Å². The number of thiophene rings is 1. The van der Waals surface area contributed by atoms with Gasteiger partial charge in [0.1, 0.15) is 0 Å². The molecule has 1 unspecified atom stereocenters. The van der Waals surface area contributed by atoms with Crippen LogP contribution in [-0.2, 0) is 0 Å². The van der Waals surface area contributed by atoms with E-state index in [0.29, 0.717) is 16.5 Å². The number of hydrogen-bond donors (Lipinski definition) is 1. The number of ether oxygens (including phenoxy) is 2. The predicted molar refractivity (Wildman–Crippen MR) is 95.2 cm³/mol. The molecule has 0 aliphatic heterocycles. The van der Waals surface area contributed by atoms with Crippen LogP contribution in [0.25, 0.3) is 0 Å². The lowest BCUT2D eigenvalue weighted by Gasteiger charge is -2.19. The van der Waals surface area contributed by atoms with Crippen molar-refractivity contribution in [3.63, 3.8) is 0 Å². The molecular formula is C14H14Br2ClNO2S. The molecule has 0 aliphatic carbocycles. The van der Waals surface area contributed by atoms with E-state index in [4.69, 9.17) is 21.1 Å². The molecule has 7 heteroatoms. The summed E-state index contributed by atoms with van der Waals surface area (Å²) in [5.74, 6) is 1.28. The van der Waals surface area contributed by atoms with Crippen molar-refractivity contribution >= 4 is 54.8 Å². The van der Waals surface area contributed by atoms with E-state index < -0.39 is 0 Å². The van der Waals surface area contributed by atoms with E-state index in [0.717, 1.165) is 18.7 Å². The summed E-state index contributed by atoms with van der Waals surface area (Å²) in [5, 5.41) is 3.92. The molecular weight excluding hydrogens is 441 g/mol. The maximum atomic E-state index is 6.41. The summed E-state index contributed by atoms with van der Waals surface area (Å²) in [5.41, 5.74) is 0.943. The summed E-state index contributed by atoms with van der Waals surface area (Å²) in [4.78, 5) is 1.14. The summed E-state index contributed by atoms with van der Waals surface area (Å²) in [6.07, 6.45) is 0. The van der Waals surface area contributed by atoms with Crippen LogP contribution in [0.15, 0.2) is 26.5 Å². The number of rotatable bonds is 5. The van der Waals surface area contributed by atoms with Gasteiger partial charge in [0.05, 0.1) is 24.0 Å². The van der Waals surface area contributed by atoms with Crippen molar-refractivity contribution < 1.29 is 9.47 Å². The molecule has 21 heavy (non-hydrogen) atoms. The Labute approximate surface area is 149 Å². The van der Waals surface area contributed by atoms with Crippen LogP contribution in [0.4, 0.5) is 0 Å². The van der Waals surface area contributed by atoms with Gasteiger partial charge in [0.25, 0.3) is 0 Å². The Hall–Kier alpha value is -0.270. The average Bonchev–Trinajstić information content (AvgIpc) is 2.80. The monoisotopic (exact) mass is 453 g/mol. The van der Waals surface area contributed by atoms with Gasteiger partial charge in [-0.1, -0.05) is 11.6 Å². The van der Waals surface area contributed by atoms with E-state index in [1.807, 2.05) is 13.1 Å². The highest BCUT2D eigenvalue weighted by Gasteiger charge is 2.21. The van der Waals surface area contributed by atoms with E-state index in [-0.39, 0.29) is 6.04 Å². The third-order valence-corrected chi connectivity index (χ3v) is 6.70. The fraction of sp³-hybridized carbons (Fsp3) is 0.286. The molecule has 0 aliphatic rings. The Morgan fingerprint density at radius 3 is 2.24 bits per heavy atom. The lowest BCUT2D eigenvalue weighted by molar-refractivity contribution is 0.354. The fourth-order valence-electron chi connectivity index (χ4n) is 2.05. The van der Waals surface area contributed by atoms with Gasteiger partial charge in [0.2, 0.25) is 0 Å². The average molecular weight is 456 g/mol. The maximum Gasteiger partial charge on any atom is 0.162 e. The zero-order valence-electron chi connectivity index (χ0n) is 11.7. The van der Waals surface area contributed by atoms with E-state index in [1.54, 1.807) is 31.6 Å². The van der Waals surface area contributed by atoms with Crippen LogP contribution in [0, 0.1) is 0 Å². The molecule has 1 N–H and O–H groups in total. The van der Waals surface area contributed by atoms with Gasteiger partial charge in [-0.25, -0.2) is 0 Å². The molecule has 2 rings (SSSR count). The summed E-state index contributed by atoms with van der Waals surface area (Å²) < 4.78 is 12.7. The van der Waals surface area contributed by atoms with Crippen molar-refractivity contribution in [2.24, 2.45) is 0 Å². The third-order valence-electron chi connectivity index (χ3n) is 3.05. The van der Waals surface area contributed by atoms with Crippen LogP contribution in [0.2, 0.25) is 5.02 Å². The van der Waals surface area contributed by atoms with Gasteiger partial charge >= 0.3 is 0 Å². The molecule has 1 atom stereocenters. The molecule has 0 bridgehead atoms. The Balaban J connectivity index is 2.51. The van der Waals surface area contributed by atoms with Crippen LogP contribution in [0.1, 0.15) is 16.5 Å². The van der Waals surface area contributed by atoms with Crippen molar-refractivity contribution in [3.8, 4) is 11.5 Å². The van der Waals surface area contributed by atoms with Gasteiger partial charge in [0.15, 0.2) is 11.5 Å². The number of benzene rings is 1. The Bertz CT molecular complexity index is 629. The van der Waals surface area contributed by atoms with Crippen LogP contribution in [-0.4, -0.2) is 21.3 Å². The van der Waals surface area contributed by atoms with E-state index in [9.17, 15) is 0 Å². The van der Waals surface area contributed by atoms with Gasteiger partial charge in [-0.3, -0.25) is 0 Å². The van der Waals surface area contributed by atoms with Gasteiger partial charge in [-0.2, -0.15) is 0 Å². The Morgan fingerprint density at radius 1 is 1.14 bits per heavy atom. The van der Waals surface area contributed by atoms with Crippen LogP contribution in [0.5, 0.6) is 11.5 Å². The highest BCUT2D eigenvalue weighted by Crippen LogP contribution is 2.42. The summed E-state index contributed by atoms with van der Waals surface area (Å²) >= 11 is 15.1. The Kier molecular flexibility index (Phi) is 5.96. The number of methoxy groups -OCH3 is 2. The quantitative estimate of drug-likeness (QED) is 0.668. The number of hydrogen-bond acceptors (Lipinski definition) is 4. The van der Waals surface area contributed by atoms with Crippen molar-refractivity contribution in [3.05, 3.63) is 41.9 Å². The predicted octanol–water partition coefficient (Wildman–Crippen LogP) is 5.25. The van der Waals surface area contributed by atoms with Crippen molar-refractivity contribution in [1.82, 2.24) is 5.32 Å². The summed E-state index contributed by atoms with van der Waals surface area (Å²) in [6, 6.07) is 5.73. The van der Waals surface area contributed by atoms with Gasteiger partial charge in [-0.05, 0) is 56.6 Å². The second-order valence-electron chi connectivity index (χ2n) is 4.22. The fourth-order valence-corrected chi connectivity index (χ4v) is 4.53. The zero-order valence-corrected chi connectivity index (χ0v) is 16.4. The second kappa shape index (κ2) is 7.33. The molecule has 0 fully saturated rings. The molecule has 1 aromatic heterocycles. The molecule has 1 heterocycles. The molecule has 0 saturated heterocycles. The smallest absolute Gasteiger partial charge is 0.162 e. The number of halogens is 3. The van der Waals surface area contributed by atoms with Crippen molar-refractivity contribution in [1.29, 1.82) is 0 Å². The molecule has 0 saturated carbocycles. The first kappa shape index (κ1) is 17.1. The zero-order chi connectivity index (χ0) is 15.6. The van der Waals surface area contributed by atoms with Gasteiger partial charge in [0, 0.05) is 20.4 Å². The summed E-state index contributed by atoms with van der Waals surface area (Å²) in [6.45, 7) is 0. The minimum Gasteiger partial charge on any atom is -0.493 e. The van der Waals surface area contributed by atoms with Gasteiger partial charge < -0.3 is 14.8 Å². The highest BCUT2D eigenvalue weighted by atomic mass is 79.9. The van der Waals surface area contributed by atoms with Crippen molar-refractivity contribution in [2.75, 3.05) is 21.3 Å². The van der Waals surface area contributed by atoms with Crippen molar-refractivity contribution in [2.45, 2.75) is 6.04 Å². The third kappa shape index (κ3) is 3.56. The Morgan fingerprint density at radius 2 is 1.76 bits per heavy atom. The van der Waals surface area contributed by atoms with E-state index in [1.165, 1.54) is 0 Å². The minimum atomic E-state index is -0.0232. The first-order valence-corrected chi connectivity index (χ1v) is 8.83. The lowest BCUT2D eigenvalue weighted by Crippen LogP contribution is -2.17. The lowest BCUT2D eigenvalue weighted by atomic mass is 10.0. The molecule has 114 valence electrons. The van der Waals surface area contributed by atoms with E-state index >= 15 is 0 Å². The number of nitrogens with one attached hydrogen (secondary N) is 1. The molecule has 1 aromatic carbocycles. The van der Waals surface area contributed by atoms with Crippen LogP contribution >= 0.6 is 54.8 Å². The normalized spacial score (nSPS) is 12.3. The second-order valence-corrected chi connectivity index (χ2v) is 7.88. The van der Waals surface area contributed by atoms with Gasteiger partial charge in [-0.15, -0.1) is 11.3 Å². The maximum absolute atomic E-state index is 6.41. The van der Waals surface area contributed by atoms with Crippen LogP contribution in [0.3, 0.4) is 0 Å². The molecule has 0 radical (unpaired) electrons. The molecule has 2 aromatic rings.